The van der Waals surface area contributed by atoms with Crippen molar-refractivity contribution in [3.63, 3.8) is 0 Å². The van der Waals surface area contributed by atoms with Gasteiger partial charge in [0.25, 0.3) is 0 Å². The summed E-state index contributed by atoms with van der Waals surface area (Å²) in [6.45, 7) is 6.92. The first-order chi connectivity index (χ1) is 18.7. The third-order valence-corrected chi connectivity index (χ3v) is 7.43. The van der Waals surface area contributed by atoms with Crippen LogP contribution in [-0.4, -0.2) is 65.1 Å². The van der Waals surface area contributed by atoms with E-state index in [-0.39, 0.29) is 12.1 Å². The van der Waals surface area contributed by atoms with Crippen molar-refractivity contribution in [2.24, 2.45) is 7.05 Å². The average Bonchev–Trinajstić information content (AvgIpc) is 3.63. The maximum atomic E-state index is 12.4. The monoisotopic (exact) mass is 542 g/mol. The van der Waals surface area contributed by atoms with Gasteiger partial charge in [0, 0.05) is 60.0 Å². The molecule has 5 aromatic rings. The molecule has 200 valence electrons. The Kier molecular flexibility index (Phi) is 6.38. The highest BCUT2D eigenvalue weighted by Gasteiger charge is 2.29. The van der Waals surface area contributed by atoms with Crippen LogP contribution in [0, 0.1) is 0 Å². The van der Waals surface area contributed by atoms with Gasteiger partial charge >= 0.3 is 6.09 Å². The predicted molar refractivity (Wildman–Crippen MR) is 151 cm³/mol. The zero-order valence-electron chi connectivity index (χ0n) is 22.3. The average molecular weight is 543 g/mol. The van der Waals surface area contributed by atoms with E-state index in [1.54, 1.807) is 21.3 Å². The van der Waals surface area contributed by atoms with Crippen LogP contribution in [0.4, 0.5) is 10.5 Å². The normalized spacial score (nSPS) is 15.8. The number of amides is 1. The predicted octanol–water partition coefficient (Wildman–Crippen LogP) is 5.25. The van der Waals surface area contributed by atoms with E-state index in [1.807, 2.05) is 75.2 Å². The second-order valence-electron chi connectivity index (χ2n) is 10.8. The summed E-state index contributed by atoms with van der Waals surface area (Å²) in [6.07, 6.45) is 8.31. The largest absolute Gasteiger partial charge is 0.444 e. The molecule has 1 saturated heterocycles. The summed E-state index contributed by atoms with van der Waals surface area (Å²) in [7, 11) is 1.91. The topological polar surface area (TPSA) is 102 Å². The standard InChI is InChI=1S/C28H30N8O2S/c1-28(2,3)38-27(37)35-10-9-21(17-35)31-22-11-19-12-23(6-7-24(19)29-14-22)39-26-33-32-25-8-5-18(16-36(25)26)20-13-30-34(4)15-20/h5-8,11-16,21,31H,9-10,17H2,1-4H3/t21-/m0/s1. The Labute approximate surface area is 230 Å². The van der Waals surface area contributed by atoms with E-state index in [4.69, 9.17) is 4.74 Å². The van der Waals surface area contributed by atoms with Gasteiger partial charge in [0.15, 0.2) is 10.8 Å². The number of aromatic nitrogens is 6. The molecule has 1 atom stereocenters. The molecule has 1 amide bonds. The van der Waals surface area contributed by atoms with Gasteiger partial charge in [-0.1, -0.05) is 0 Å². The summed E-state index contributed by atoms with van der Waals surface area (Å²) in [5.74, 6) is 0. The van der Waals surface area contributed by atoms with E-state index in [2.05, 4.69) is 43.8 Å². The molecule has 6 rings (SSSR count). The molecule has 1 aliphatic rings. The highest BCUT2D eigenvalue weighted by molar-refractivity contribution is 7.99. The van der Waals surface area contributed by atoms with Crippen molar-refractivity contribution in [1.82, 2.24) is 34.3 Å². The van der Waals surface area contributed by atoms with Crippen LogP contribution in [0.1, 0.15) is 27.2 Å². The molecular weight excluding hydrogens is 512 g/mol. The fourth-order valence-corrected chi connectivity index (χ4v) is 5.50. The summed E-state index contributed by atoms with van der Waals surface area (Å²) in [5, 5.41) is 18.4. The number of aryl methyl sites for hydroxylation is 1. The van der Waals surface area contributed by atoms with Crippen LogP contribution in [0.2, 0.25) is 0 Å². The molecule has 0 saturated carbocycles. The van der Waals surface area contributed by atoms with Crippen molar-refractivity contribution in [3.05, 3.63) is 61.2 Å². The Morgan fingerprint density at radius 3 is 2.74 bits per heavy atom. The second-order valence-corrected chi connectivity index (χ2v) is 11.8. The van der Waals surface area contributed by atoms with E-state index < -0.39 is 5.60 Å². The molecule has 4 aromatic heterocycles. The summed E-state index contributed by atoms with van der Waals surface area (Å²) < 4.78 is 9.31. The van der Waals surface area contributed by atoms with Crippen molar-refractivity contribution in [2.75, 3.05) is 18.4 Å². The number of anilines is 1. The quantitative estimate of drug-likeness (QED) is 0.321. The van der Waals surface area contributed by atoms with Crippen LogP contribution < -0.4 is 5.32 Å². The van der Waals surface area contributed by atoms with Gasteiger partial charge in [-0.2, -0.15) is 5.10 Å². The van der Waals surface area contributed by atoms with Crippen molar-refractivity contribution >= 4 is 40.1 Å². The van der Waals surface area contributed by atoms with Gasteiger partial charge < -0.3 is 15.0 Å². The van der Waals surface area contributed by atoms with Crippen LogP contribution in [0.25, 0.3) is 27.7 Å². The highest BCUT2D eigenvalue weighted by Crippen LogP contribution is 2.31. The van der Waals surface area contributed by atoms with Gasteiger partial charge in [0.2, 0.25) is 0 Å². The fourth-order valence-electron chi connectivity index (χ4n) is 4.64. The lowest BCUT2D eigenvalue weighted by Crippen LogP contribution is -2.36. The smallest absolute Gasteiger partial charge is 0.410 e. The van der Waals surface area contributed by atoms with E-state index >= 15 is 0 Å². The van der Waals surface area contributed by atoms with Crippen molar-refractivity contribution < 1.29 is 9.53 Å². The van der Waals surface area contributed by atoms with Gasteiger partial charge in [-0.05, 0) is 75.4 Å². The first-order valence-corrected chi connectivity index (χ1v) is 13.7. The third-order valence-electron chi connectivity index (χ3n) is 6.48. The Morgan fingerprint density at radius 1 is 1.08 bits per heavy atom. The van der Waals surface area contributed by atoms with Gasteiger partial charge in [-0.3, -0.25) is 14.1 Å². The SMILES string of the molecule is Cn1cc(-c2ccc3nnc(Sc4ccc5ncc(N[C@H]6CCN(C(=O)OC(C)(C)C)C6)cc5c4)n3c2)cn1. The van der Waals surface area contributed by atoms with Gasteiger partial charge in [-0.25, -0.2) is 4.79 Å². The minimum Gasteiger partial charge on any atom is -0.444 e. The lowest BCUT2D eigenvalue weighted by Gasteiger charge is -2.24. The lowest BCUT2D eigenvalue weighted by molar-refractivity contribution is 0.0293. The van der Waals surface area contributed by atoms with Crippen LogP contribution in [0.15, 0.2) is 71.2 Å². The van der Waals surface area contributed by atoms with Crippen LogP contribution in [0.5, 0.6) is 0 Å². The number of fused-ring (bicyclic) bond motifs is 2. The maximum Gasteiger partial charge on any atom is 0.410 e. The summed E-state index contributed by atoms with van der Waals surface area (Å²) >= 11 is 1.56. The molecule has 1 aromatic carbocycles. The number of carbonyl (C=O) groups is 1. The molecule has 0 unspecified atom stereocenters. The molecule has 39 heavy (non-hydrogen) atoms. The molecule has 1 aliphatic heterocycles. The second kappa shape index (κ2) is 9.88. The molecule has 5 heterocycles. The Bertz CT molecular complexity index is 1670. The molecule has 0 bridgehead atoms. The Morgan fingerprint density at radius 2 is 1.95 bits per heavy atom. The van der Waals surface area contributed by atoms with Crippen molar-refractivity contribution in [2.45, 2.75) is 48.9 Å². The molecule has 0 spiro atoms. The fraction of sp³-hybridized carbons (Fsp3) is 0.321. The lowest BCUT2D eigenvalue weighted by atomic mass is 10.2. The van der Waals surface area contributed by atoms with E-state index in [0.29, 0.717) is 13.1 Å². The van der Waals surface area contributed by atoms with Gasteiger partial charge in [-0.15, -0.1) is 10.2 Å². The molecule has 0 radical (unpaired) electrons. The number of benzene rings is 1. The number of carbonyl (C=O) groups excluding carboxylic acids is 1. The van der Waals surface area contributed by atoms with Gasteiger partial charge in [0.05, 0.1) is 23.6 Å². The van der Waals surface area contributed by atoms with Crippen molar-refractivity contribution in [1.29, 1.82) is 0 Å². The first kappa shape index (κ1) is 25.2. The number of pyridine rings is 2. The molecule has 10 nitrogen and oxygen atoms in total. The number of hydrogen-bond donors (Lipinski definition) is 1. The number of rotatable bonds is 5. The van der Waals surface area contributed by atoms with Crippen molar-refractivity contribution in [3.8, 4) is 11.1 Å². The minimum absolute atomic E-state index is 0.144. The number of hydrogen-bond acceptors (Lipinski definition) is 8. The van der Waals surface area contributed by atoms with E-state index in [0.717, 1.165) is 49.8 Å². The summed E-state index contributed by atoms with van der Waals surface area (Å²) in [4.78, 5) is 19.9. The Hall–Kier alpha value is -4.12. The molecule has 0 aliphatic carbocycles. The number of nitrogens with zero attached hydrogens (tertiary/aromatic N) is 7. The first-order valence-electron chi connectivity index (χ1n) is 12.9. The number of likely N-dealkylation sites (tertiary alicyclic amines) is 1. The molecule has 1 N–H and O–H groups in total. The Balaban J connectivity index is 1.18. The van der Waals surface area contributed by atoms with E-state index in [1.165, 1.54) is 0 Å². The minimum atomic E-state index is -0.499. The summed E-state index contributed by atoms with van der Waals surface area (Å²) in [6, 6.07) is 12.4. The molecular formula is C28H30N8O2S. The van der Waals surface area contributed by atoms with Crippen LogP contribution in [0.3, 0.4) is 0 Å². The number of ether oxygens (including phenoxy) is 1. The number of nitrogens with one attached hydrogen (secondary N) is 1. The van der Waals surface area contributed by atoms with Crippen LogP contribution >= 0.6 is 11.8 Å². The molecule has 1 fully saturated rings. The van der Waals surface area contributed by atoms with Gasteiger partial charge in [0.1, 0.15) is 5.60 Å². The third kappa shape index (κ3) is 5.53. The summed E-state index contributed by atoms with van der Waals surface area (Å²) in [5.41, 5.74) is 4.22. The maximum absolute atomic E-state index is 12.4. The van der Waals surface area contributed by atoms with Crippen LogP contribution in [-0.2, 0) is 11.8 Å². The van der Waals surface area contributed by atoms with E-state index in [9.17, 15) is 4.79 Å². The zero-order chi connectivity index (χ0) is 27.1. The highest BCUT2D eigenvalue weighted by atomic mass is 32.2. The molecule has 11 heteroatoms. The zero-order valence-corrected chi connectivity index (χ0v) is 23.1.